The van der Waals surface area contributed by atoms with Crippen LogP contribution in [0.5, 0.6) is 0 Å². The van der Waals surface area contributed by atoms with Crippen molar-refractivity contribution >= 4 is 20.1 Å². The lowest BCUT2D eigenvalue weighted by molar-refractivity contribution is 0.366. The summed E-state index contributed by atoms with van der Waals surface area (Å²) in [4.78, 5) is 1.32. The van der Waals surface area contributed by atoms with E-state index in [0.717, 1.165) is 19.3 Å². The molecule has 2 rings (SSSR count). The lowest BCUT2D eigenvalue weighted by Gasteiger charge is -2.39. The summed E-state index contributed by atoms with van der Waals surface area (Å²) in [6.45, 7) is 16.0. The Kier molecular flexibility index (Phi) is 8.66. The van der Waals surface area contributed by atoms with Gasteiger partial charge < -0.3 is 4.43 Å². The van der Waals surface area contributed by atoms with Crippen LogP contribution in [0.15, 0.2) is 71.3 Å². The topological polar surface area (TPSA) is 9.23 Å². The van der Waals surface area contributed by atoms with Crippen LogP contribution in [0.25, 0.3) is 0 Å². The minimum atomic E-state index is -1.88. The molecule has 3 heteroatoms. The molecule has 2 aromatic rings. The zero-order chi connectivity index (χ0) is 21.5. The molecular weight excluding hydrogens is 388 g/mol. The largest absolute Gasteiger partial charge is 0.546 e. The number of hydrogen-bond acceptors (Lipinski definition) is 2. The summed E-state index contributed by atoms with van der Waals surface area (Å²) in [5.74, 6) is 1.18. The Hall–Kier alpha value is -1.45. The molecule has 0 N–H and O–H groups in total. The summed E-state index contributed by atoms with van der Waals surface area (Å²) in [6.07, 6.45) is 5.49. The molecule has 0 aliphatic heterocycles. The van der Waals surface area contributed by atoms with Crippen LogP contribution in [0.2, 0.25) is 18.1 Å². The number of hydrogen-bond donors (Lipinski definition) is 0. The standard InChI is InChI=1S/C26H38OSSi/c1-8-25(28-23-19-17-21(2)18-20-23)24(27-29(6,7)26(3,4)5)16-12-15-22-13-10-9-11-14-22/h9-11,13-14,16-20,25H,8,12,15H2,1-7H3/b24-16-/t25-/m1/s1. The van der Waals surface area contributed by atoms with E-state index in [4.69, 9.17) is 4.43 Å². The third-order valence-electron chi connectivity index (χ3n) is 5.79. The zero-order valence-electron chi connectivity index (χ0n) is 19.3. The first-order chi connectivity index (χ1) is 13.6. The maximum Gasteiger partial charge on any atom is 0.250 e. The van der Waals surface area contributed by atoms with Gasteiger partial charge >= 0.3 is 0 Å². The van der Waals surface area contributed by atoms with Crippen LogP contribution in [0.4, 0.5) is 0 Å². The van der Waals surface area contributed by atoms with Crippen molar-refractivity contribution in [3.8, 4) is 0 Å². The number of benzene rings is 2. The van der Waals surface area contributed by atoms with Gasteiger partial charge in [0.15, 0.2) is 0 Å². The van der Waals surface area contributed by atoms with E-state index in [2.05, 4.69) is 108 Å². The second-order valence-corrected chi connectivity index (χ2v) is 15.3. The molecule has 1 nitrogen and oxygen atoms in total. The first kappa shape index (κ1) is 23.8. The van der Waals surface area contributed by atoms with E-state index in [9.17, 15) is 0 Å². The molecule has 0 aliphatic rings. The summed E-state index contributed by atoms with van der Waals surface area (Å²) < 4.78 is 6.87. The maximum atomic E-state index is 6.87. The molecule has 158 valence electrons. The van der Waals surface area contributed by atoms with Gasteiger partial charge in [0.1, 0.15) is 0 Å². The summed E-state index contributed by atoms with van der Waals surface area (Å²) in [7, 11) is -1.88. The molecular formula is C26H38OSSi. The Morgan fingerprint density at radius 3 is 2.21 bits per heavy atom. The Labute approximate surface area is 184 Å². The molecule has 1 atom stereocenters. The number of allylic oxidation sites excluding steroid dienone is 1. The number of aryl methyl sites for hydroxylation is 2. The van der Waals surface area contributed by atoms with Gasteiger partial charge in [0, 0.05) is 4.90 Å². The Balaban J connectivity index is 2.22. The zero-order valence-corrected chi connectivity index (χ0v) is 21.1. The lowest BCUT2D eigenvalue weighted by Crippen LogP contribution is -2.41. The Morgan fingerprint density at radius 1 is 1.03 bits per heavy atom. The average molecular weight is 427 g/mol. The third-order valence-corrected chi connectivity index (χ3v) is 11.5. The fourth-order valence-corrected chi connectivity index (χ4v) is 5.09. The molecule has 29 heavy (non-hydrogen) atoms. The van der Waals surface area contributed by atoms with Gasteiger partial charge in [-0.1, -0.05) is 75.7 Å². The smallest absolute Gasteiger partial charge is 0.250 e. The van der Waals surface area contributed by atoms with Crippen molar-refractivity contribution in [2.24, 2.45) is 0 Å². The van der Waals surface area contributed by atoms with Gasteiger partial charge in [-0.25, -0.2) is 0 Å². The van der Waals surface area contributed by atoms with Crippen LogP contribution in [-0.4, -0.2) is 13.6 Å². The molecule has 0 saturated carbocycles. The van der Waals surface area contributed by atoms with Crippen LogP contribution in [-0.2, 0) is 10.8 Å². The first-order valence-corrected chi connectivity index (χ1v) is 14.6. The van der Waals surface area contributed by atoms with Crippen LogP contribution < -0.4 is 0 Å². The van der Waals surface area contributed by atoms with Gasteiger partial charge in [0.25, 0.3) is 0 Å². The highest BCUT2D eigenvalue weighted by molar-refractivity contribution is 8.00. The molecule has 0 bridgehead atoms. The fourth-order valence-electron chi connectivity index (χ4n) is 2.84. The van der Waals surface area contributed by atoms with E-state index in [1.54, 1.807) is 0 Å². The fraction of sp³-hybridized carbons (Fsp3) is 0.462. The van der Waals surface area contributed by atoms with Crippen LogP contribution in [0, 0.1) is 6.92 Å². The highest BCUT2D eigenvalue weighted by Gasteiger charge is 2.40. The van der Waals surface area contributed by atoms with Crippen LogP contribution in [0.1, 0.15) is 51.7 Å². The van der Waals surface area contributed by atoms with E-state index in [0.29, 0.717) is 5.25 Å². The number of thioether (sulfide) groups is 1. The number of rotatable bonds is 9. The molecule has 0 heterocycles. The average Bonchev–Trinajstić information content (AvgIpc) is 2.66. The van der Waals surface area contributed by atoms with E-state index in [-0.39, 0.29) is 5.04 Å². The molecule has 0 radical (unpaired) electrons. The van der Waals surface area contributed by atoms with Crippen molar-refractivity contribution in [2.75, 3.05) is 0 Å². The van der Waals surface area contributed by atoms with Crippen molar-refractivity contribution in [1.82, 2.24) is 0 Å². The normalized spacial score (nSPS) is 14.0. The van der Waals surface area contributed by atoms with Crippen molar-refractivity contribution in [3.63, 3.8) is 0 Å². The quantitative estimate of drug-likeness (QED) is 0.226. The molecule has 2 aromatic carbocycles. The van der Waals surface area contributed by atoms with Crippen molar-refractivity contribution < 1.29 is 4.43 Å². The maximum absolute atomic E-state index is 6.87. The van der Waals surface area contributed by atoms with Gasteiger partial charge in [0.05, 0.1) is 11.0 Å². The molecule has 0 spiro atoms. The third kappa shape index (κ3) is 7.38. The summed E-state index contributed by atoms with van der Waals surface area (Å²) >= 11 is 1.93. The Morgan fingerprint density at radius 2 is 1.66 bits per heavy atom. The summed E-state index contributed by atoms with van der Waals surface area (Å²) in [5, 5.41) is 0.542. The van der Waals surface area contributed by atoms with E-state index in [1.165, 1.54) is 21.8 Å². The molecule has 0 fully saturated rings. The van der Waals surface area contributed by atoms with Crippen LogP contribution >= 0.6 is 11.8 Å². The van der Waals surface area contributed by atoms with Gasteiger partial charge in [-0.15, -0.1) is 11.8 Å². The van der Waals surface area contributed by atoms with Gasteiger partial charge in [-0.3, -0.25) is 0 Å². The Bertz CT molecular complexity index is 773. The van der Waals surface area contributed by atoms with E-state index in [1.807, 2.05) is 11.8 Å². The predicted octanol–water partition coefficient (Wildman–Crippen LogP) is 8.40. The van der Waals surface area contributed by atoms with Crippen LogP contribution in [0.3, 0.4) is 0 Å². The lowest BCUT2D eigenvalue weighted by atomic mass is 10.1. The van der Waals surface area contributed by atoms with Gasteiger partial charge in [0.2, 0.25) is 8.32 Å². The second-order valence-electron chi connectivity index (χ2n) is 9.32. The molecule has 0 aromatic heterocycles. The second kappa shape index (κ2) is 10.5. The SMILES string of the molecule is CC[C@@H](Sc1ccc(C)cc1)/C(=C/CCc1ccccc1)O[Si](C)(C)C(C)(C)C. The van der Waals surface area contributed by atoms with Crippen molar-refractivity contribution in [2.45, 2.75) is 82.2 Å². The van der Waals surface area contributed by atoms with Crippen molar-refractivity contribution in [1.29, 1.82) is 0 Å². The molecule has 0 saturated heterocycles. The summed E-state index contributed by atoms with van der Waals surface area (Å²) in [5.41, 5.74) is 2.69. The first-order valence-electron chi connectivity index (χ1n) is 10.8. The monoisotopic (exact) mass is 426 g/mol. The van der Waals surface area contributed by atoms with E-state index < -0.39 is 8.32 Å². The predicted molar refractivity (Wildman–Crippen MR) is 132 cm³/mol. The highest BCUT2D eigenvalue weighted by Crippen LogP contribution is 2.41. The minimum Gasteiger partial charge on any atom is -0.546 e. The van der Waals surface area contributed by atoms with E-state index >= 15 is 0 Å². The molecule has 0 unspecified atom stereocenters. The highest BCUT2D eigenvalue weighted by atomic mass is 32.2. The molecule has 0 aliphatic carbocycles. The summed E-state index contributed by atoms with van der Waals surface area (Å²) in [6, 6.07) is 19.6. The van der Waals surface area contributed by atoms with Gasteiger partial charge in [-0.05, 0) is 68.1 Å². The van der Waals surface area contributed by atoms with Gasteiger partial charge in [-0.2, -0.15) is 0 Å². The minimum absolute atomic E-state index is 0.193. The van der Waals surface area contributed by atoms with Crippen molar-refractivity contribution in [3.05, 3.63) is 77.6 Å². The molecule has 0 amide bonds.